The van der Waals surface area contributed by atoms with Gasteiger partial charge in [-0.25, -0.2) is 0 Å². The fourth-order valence-electron chi connectivity index (χ4n) is 2.82. The van der Waals surface area contributed by atoms with Crippen molar-refractivity contribution in [2.75, 3.05) is 42.6 Å². The summed E-state index contributed by atoms with van der Waals surface area (Å²) in [5.74, 6) is 2.62. The standard InChI is InChI=1S/C15H24N4OS2/c1-15(2,3)13-16-17-14(22-13)19-5-4-11(10-19)12(20)18-6-8-21-9-7-18/h11H,4-10H2,1-3H3. The van der Waals surface area contributed by atoms with Crippen molar-refractivity contribution in [2.24, 2.45) is 5.92 Å². The Labute approximate surface area is 140 Å². The van der Waals surface area contributed by atoms with Gasteiger partial charge < -0.3 is 9.80 Å². The maximum absolute atomic E-state index is 12.6. The maximum atomic E-state index is 12.6. The summed E-state index contributed by atoms with van der Waals surface area (Å²) >= 11 is 3.60. The molecular formula is C15H24N4OS2. The smallest absolute Gasteiger partial charge is 0.227 e. The summed E-state index contributed by atoms with van der Waals surface area (Å²) in [5.41, 5.74) is 0.0380. The number of thioether (sulfide) groups is 1. The molecule has 0 aliphatic carbocycles. The average molecular weight is 341 g/mol. The zero-order valence-electron chi connectivity index (χ0n) is 13.5. The Morgan fingerprint density at radius 3 is 2.55 bits per heavy atom. The summed E-state index contributed by atoms with van der Waals surface area (Å²) in [6.45, 7) is 9.99. The van der Waals surface area contributed by atoms with Crippen LogP contribution in [-0.2, 0) is 10.2 Å². The fourth-order valence-corrected chi connectivity index (χ4v) is 4.66. The molecule has 0 bridgehead atoms. The first-order chi connectivity index (χ1) is 10.4. The summed E-state index contributed by atoms with van der Waals surface area (Å²) in [6, 6.07) is 0. The molecule has 3 rings (SSSR count). The molecule has 0 N–H and O–H groups in total. The number of hydrogen-bond acceptors (Lipinski definition) is 6. The highest BCUT2D eigenvalue weighted by molar-refractivity contribution is 7.99. The van der Waals surface area contributed by atoms with E-state index in [4.69, 9.17) is 0 Å². The van der Waals surface area contributed by atoms with Crippen molar-refractivity contribution in [3.05, 3.63) is 5.01 Å². The van der Waals surface area contributed by atoms with Crippen molar-refractivity contribution >= 4 is 34.1 Å². The van der Waals surface area contributed by atoms with E-state index >= 15 is 0 Å². The molecule has 2 aliphatic rings. The van der Waals surface area contributed by atoms with E-state index in [-0.39, 0.29) is 11.3 Å². The molecule has 7 heteroatoms. The Morgan fingerprint density at radius 2 is 1.91 bits per heavy atom. The fraction of sp³-hybridized carbons (Fsp3) is 0.800. The number of hydrogen-bond donors (Lipinski definition) is 0. The molecular weight excluding hydrogens is 316 g/mol. The number of anilines is 1. The molecule has 1 atom stereocenters. The Balaban J connectivity index is 1.62. The average Bonchev–Trinajstić information content (AvgIpc) is 3.15. The maximum Gasteiger partial charge on any atom is 0.227 e. The topological polar surface area (TPSA) is 49.3 Å². The van der Waals surface area contributed by atoms with Gasteiger partial charge >= 0.3 is 0 Å². The summed E-state index contributed by atoms with van der Waals surface area (Å²) in [6.07, 6.45) is 0.937. The third kappa shape index (κ3) is 3.40. The van der Waals surface area contributed by atoms with Crippen molar-refractivity contribution < 1.29 is 4.79 Å². The van der Waals surface area contributed by atoms with E-state index in [0.717, 1.165) is 54.2 Å². The second kappa shape index (κ2) is 6.35. The van der Waals surface area contributed by atoms with E-state index in [1.54, 1.807) is 11.3 Å². The molecule has 122 valence electrons. The zero-order valence-corrected chi connectivity index (χ0v) is 15.2. The highest BCUT2D eigenvalue weighted by Crippen LogP contribution is 2.32. The number of aromatic nitrogens is 2. The second-order valence-corrected chi connectivity index (χ2v) is 9.19. The first-order valence-electron chi connectivity index (χ1n) is 7.90. The quantitative estimate of drug-likeness (QED) is 0.826. The van der Waals surface area contributed by atoms with Crippen LogP contribution < -0.4 is 4.90 Å². The van der Waals surface area contributed by atoms with E-state index in [2.05, 4.69) is 35.9 Å². The van der Waals surface area contributed by atoms with Gasteiger partial charge in [0, 0.05) is 43.1 Å². The molecule has 0 spiro atoms. The van der Waals surface area contributed by atoms with Crippen molar-refractivity contribution in [3.8, 4) is 0 Å². The normalized spacial score (nSPS) is 23.1. The summed E-state index contributed by atoms with van der Waals surface area (Å²) in [5, 5.41) is 10.7. The van der Waals surface area contributed by atoms with Crippen LogP contribution in [0.3, 0.4) is 0 Å². The lowest BCUT2D eigenvalue weighted by Gasteiger charge is -2.28. The molecule has 1 amide bonds. The van der Waals surface area contributed by atoms with Crippen LogP contribution in [-0.4, -0.2) is 58.7 Å². The number of nitrogens with zero attached hydrogens (tertiary/aromatic N) is 4. The predicted octanol–water partition coefficient (Wildman–Crippen LogP) is 2.24. The van der Waals surface area contributed by atoms with Crippen LogP contribution in [0, 0.1) is 5.92 Å². The number of carbonyl (C=O) groups excluding carboxylic acids is 1. The molecule has 0 aromatic carbocycles. The van der Waals surface area contributed by atoms with Crippen LogP contribution in [0.2, 0.25) is 0 Å². The van der Waals surface area contributed by atoms with Gasteiger partial charge in [0.1, 0.15) is 5.01 Å². The van der Waals surface area contributed by atoms with Gasteiger partial charge in [-0.2, -0.15) is 11.8 Å². The first kappa shape index (κ1) is 16.1. The van der Waals surface area contributed by atoms with Gasteiger partial charge in [0.25, 0.3) is 0 Å². The van der Waals surface area contributed by atoms with E-state index in [9.17, 15) is 4.79 Å². The lowest BCUT2D eigenvalue weighted by molar-refractivity contribution is -0.134. The minimum absolute atomic E-state index is 0.0380. The molecule has 0 radical (unpaired) electrons. The molecule has 1 aromatic heterocycles. The monoisotopic (exact) mass is 340 g/mol. The van der Waals surface area contributed by atoms with Crippen LogP contribution in [0.25, 0.3) is 0 Å². The van der Waals surface area contributed by atoms with Gasteiger partial charge in [-0.15, -0.1) is 10.2 Å². The molecule has 2 saturated heterocycles. The lowest BCUT2D eigenvalue weighted by atomic mass is 9.98. The molecule has 1 aromatic rings. The Morgan fingerprint density at radius 1 is 1.18 bits per heavy atom. The lowest BCUT2D eigenvalue weighted by Crippen LogP contribution is -2.42. The third-order valence-electron chi connectivity index (χ3n) is 4.19. The zero-order chi connectivity index (χ0) is 15.7. The highest BCUT2D eigenvalue weighted by Gasteiger charge is 2.33. The molecule has 0 saturated carbocycles. The Kier molecular flexibility index (Phi) is 4.64. The minimum Gasteiger partial charge on any atom is -0.346 e. The van der Waals surface area contributed by atoms with Crippen molar-refractivity contribution in [2.45, 2.75) is 32.6 Å². The van der Waals surface area contributed by atoms with Gasteiger partial charge in [-0.05, 0) is 6.42 Å². The predicted molar refractivity (Wildman–Crippen MR) is 92.8 cm³/mol. The van der Waals surface area contributed by atoms with Gasteiger partial charge in [0.2, 0.25) is 11.0 Å². The summed E-state index contributed by atoms with van der Waals surface area (Å²) in [4.78, 5) is 16.9. The van der Waals surface area contributed by atoms with Crippen LogP contribution >= 0.6 is 23.1 Å². The van der Waals surface area contributed by atoms with E-state index < -0.39 is 0 Å². The Hall–Kier alpha value is -0.820. The van der Waals surface area contributed by atoms with Crippen molar-refractivity contribution in [1.82, 2.24) is 15.1 Å². The number of carbonyl (C=O) groups is 1. The van der Waals surface area contributed by atoms with Crippen LogP contribution in [0.1, 0.15) is 32.2 Å². The van der Waals surface area contributed by atoms with E-state index in [0.29, 0.717) is 5.91 Å². The molecule has 1 unspecified atom stereocenters. The van der Waals surface area contributed by atoms with E-state index in [1.165, 1.54) is 0 Å². The van der Waals surface area contributed by atoms with Crippen LogP contribution in [0.15, 0.2) is 0 Å². The highest BCUT2D eigenvalue weighted by atomic mass is 32.2. The number of amides is 1. The molecule has 22 heavy (non-hydrogen) atoms. The molecule has 2 aliphatic heterocycles. The van der Waals surface area contributed by atoms with Crippen molar-refractivity contribution in [3.63, 3.8) is 0 Å². The molecule has 5 nitrogen and oxygen atoms in total. The molecule has 2 fully saturated rings. The minimum atomic E-state index is 0.0380. The Bertz CT molecular complexity index is 534. The van der Waals surface area contributed by atoms with E-state index in [1.807, 2.05) is 16.7 Å². The van der Waals surface area contributed by atoms with Crippen LogP contribution in [0.4, 0.5) is 5.13 Å². The van der Waals surface area contributed by atoms with Crippen LogP contribution in [0.5, 0.6) is 0 Å². The van der Waals surface area contributed by atoms with Gasteiger partial charge in [-0.3, -0.25) is 4.79 Å². The largest absolute Gasteiger partial charge is 0.346 e. The summed E-state index contributed by atoms with van der Waals surface area (Å²) in [7, 11) is 0. The first-order valence-corrected chi connectivity index (χ1v) is 9.88. The van der Waals surface area contributed by atoms with Crippen molar-refractivity contribution in [1.29, 1.82) is 0 Å². The van der Waals surface area contributed by atoms with Gasteiger partial charge in [-0.1, -0.05) is 32.1 Å². The second-order valence-electron chi connectivity index (χ2n) is 7.01. The number of rotatable bonds is 2. The summed E-state index contributed by atoms with van der Waals surface area (Å²) < 4.78 is 0. The SMILES string of the molecule is CC(C)(C)c1nnc(N2CCC(C(=O)N3CCSCC3)C2)s1. The third-order valence-corrected chi connectivity index (χ3v) is 6.54. The van der Waals surface area contributed by atoms with Gasteiger partial charge in [0.15, 0.2) is 0 Å². The molecule has 3 heterocycles. The van der Waals surface area contributed by atoms with Gasteiger partial charge in [0.05, 0.1) is 5.92 Å².